The van der Waals surface area contributed by atoms with E-state index < -0.39 is 5.82 Å². The van der Waals surface area contributed by atoms with E-state index in [0.29, 0.717) is 43.3 Å². The second-order valence-electron chi connectivity index (χ2n) is 5.70. The highest BCUT2D eigenvalue weighted by atomic mass is 35.5. The van der Waals surface area contributed by atoms with Crippen LogP contribution in [0, 0.1) is 17.1 Å². The quantitative estimate of drug-likeness (QED) is 0.624. The highest BCUT2D eigenvalue weighted by Gasteiger charge is 2.27. The number of fused-ring (bicyclic) bond motifs is 1. The van der Waals surface area contributed by atoms with E-state index in [9.17, 15) is 9.65 Å². The van der Waals surface area contributed by atoms with Crippen LogP contribution in [0.4, 0.5) is 10.2 Å². The largest absolute Gasteiger partial charge is 0.378 e. The first-order valence-electron chi connectivity index (χ1n) is 7.86. The molecule has 132 valence electrons. The smallest absolute Gasteiger partial charge is 0.176 e. The zero-order chi connectivity index (χ0) is 18.3. The van der Waals surface area contributed by atoms with Crippen molar-refractivity contribution >= 4 is 34.7 Å². The predicted octanol–water partition coefficient (Wildman–Crippen LogP) is 3.55. The van der Waals surface area contributed by atoms with Crippen LogP contribution in [-0.2, 0) is 4.74 Å². The van der Waals surface area contributed by atoms with E-state index >= 15 is 0 Å². The van der Waals surface area contributed by atoms with Gasteiger partial charge in [0.25, 0.3) is 0 Å². The van der Waals surface area contributed by atoms with E-state index in [0.717, 1.165) is 0 Å². The first kappa shape index (κ1) is 17.0. The first-order valence-corrected chi connectivity index (χ1v) is 8.62. The first-order chi connectivity index (χ1) is 12.6. The Morgan fingerprint density at radius 3 is 2.65 bits per heavy atom. The summed E-state index contributed by atoms with van der Waals surface area (Å²) in [6.07, 6.45) is 1.41. The molecular weight excluding hydrogens is 380 g/mol. The van der Waals surface area contributed by atoms with Crippen molar-refractivity contribution in [2.24, 2.45) is 0 Å². The average molecular weight is 392 g/mol. The van der Waals surface area contributed by atoms with Crippen LogP contribution in [-0.4, -0.2) is 40.9 Å². The van der Waals surface area contributed by atoms with Gasteiger partial charge in [-0.25, -0.2) is 9.37 Å². The molecule has 0 saturated carbocycles. The number of nitrogens with zero attached hydrogens (tertiary/aromatic N) is 5. The third-order valence-corrected chi connectivity index (χ3v) is 4.81. The molecule has 0 unspecified atom stereocenters. The number of ether oxygens (including phenoxy) is 1. The van der Waals surface area contributed by atoms with Gasteiger partial charge in [0.15, 0.2) is 5.65 Å². The van der Waals surface area contributed by atoms with Gasteiger partial charge in [-0.3, -0.25) is 0 Å². The minimum atomic E-state index is -0.511. The van der Waals surface area contributed by atoms with Gasteiger partial charge >= 0.3 is 0 Å². The maximum Gasteiger partial charge on any atom is 0.176 e. The Bertz CT molecular complexity index is 1020. The molecule has 26 heavy (non-hydrogen) atoms. The van der Waals surface area contributed by atoms with Crippen molar-refractivity contribution in [1.29, 1.82) is 5.26 Å². The van der Waals surface area contributed by atoms with Crippen LogP contribution in [0.3, 0.4) is 0 Å². The van der Waals surface area contributed by atoms with Gasteiger partial charge in [0.1, 0.15) is 28.4 Å². The molecule has 0 radical (unpaired) electrons. The number of aromatic nitrogens is 3. The molecule has 0 atom stereocenters. The van der Waals surface area contributed by atoms with Gasteiger partial charge in [-0.15, -0.1) is 0 Å². The van der Waals surface area contributed by atoms with Crippen LogP contribution in [0.25, 0.3) is 16.8 Å². The molecule has 1 aromatic carbocycles. The molecule has 6 nitrogen and oxygen atoms in total. The molecule has 1 saturated heterocycles. The van der Waals surface area contributed by atoms with Crippen molar-refractivity contribution in [2.45, 2.75) is 0 Å². The topological polar surface area (TPSA) is 66.5 Å². The zero-order valence-electron chi connectivity index (χ0n) is 13.4. The molecule has 0 aliphatic carbocycles. The fourth-order valence-electron chi connectivity index (χ4n) is 3.05. The van der Waals surface area contributed by atoms with Crippen molar-refractivity contribution in [3.05, 3.63) is 46.0 Å². The van der Waals surface area contributed by atoms with E-state index in [-0.39, 0.29) is 21.3 Å². The van der Waals surface area contributed by atoms with Gasteiger partial charge in [0, 0.05) is 18.7 Å². The van der Waals surface area contributed by atoms with Crippen LogP contribution in [0.1, 0.15) is 5.56 Å². The zero-order valence-corrected chi connectivity index (χ0v) is 14.9. The Morgan fingerprint density at radius 2 is 1.96 bits per heavy atom. The average Bonchev–Trinajstić information content (AvgIpc) is 3.04. The van der Waals surface area contributed by atoms with E-state index in [2.05, 4.69) is 10.1 Å². The Morgan fingerprint density at radius 1 is 1.19 bits per heavy atom. The fraction of sp³-hybridized carbons (Fsp3) is 0.235. The summed E-state index contributed by atoms with van der Waals surface area (Å²) in [6.45, 7) is 2.16. The number of hydrogen-bond acceptors (Lipinski definition) is 5. The van der Waals surface area contributed by atoms with E-state index in [1.165, 1.54) is 22.8 Å². The van der Waals surface area contributed by atoms with E-state index in [1.807, 2.05) is 11.0 Å². The lowest BCUT2D eigenvalue weighted by Gasteiger charge is -2.31. The Balaban J connectivity index is 2.09. The molecule has 4 rings (SSSR count). The summed E-state index contributed by atoms with van der Waals surface area (Å²) < 4.78 is 21.6. The summed E-state index contributed by atoms with van der Waals surface area (Å²) in [5, 5.41) is 13.8. The lowest BCUT2D eigenvalue weighted by Crippen LogP contribution is -2.38. The molecule has 0 N–H and O–H groups in total. The Labute approximate surface area is 158 Å². The van der Waals surface area contributed by atoms with Gasteiger partial charge < -0.3 is 9.64 Å². The van der Waals surface area contributed by atoms with Gasteiger partial charge in [-0.05, 0) is 12.1 Å². The molecule has 9 heteroatoms. The van der Waals surface area contributed by atoms with Crippen LogP contribution in [0.2, 0.25) is 10.2 Å². The van der Waals surface area contributed by atoms with Gasteiger partial charge in [-0.2, -0.15) is 14.9 Å². The molecule has 1 fully saturated rings. The number of halogens is 3. The second kappa shape index (κ2) is 6.72. The van der Waals surface area contributed by atoms with Crippen molar-refractivity contribution in [3.8, 4) is 17.2 Å². The van der Waals surface area contributed by atoms with E-state index in [4.69, 9.17) is 27.9 Å². The number of anilines is 1. The summed E-state index contributed by atoms with van der Waals surface area (Å²) in [6, 6.07) is 6.47. The molecular formula is C17H12Cl2FN5O. The third-order valence-electron chi connectivity index (χ3n) is 4.22. The number of rotatable bonds is 2. The van der Waals surface area contributed by atoms with Gasteiger partial charge in [0.2, 0.25) is 0 Å². The predicted molar refractivity (Wildman–Crippen MR) is 96.1 cm³/mol. The minimum absolute atomic E-state index is 0.0583. The maximum absolute atomic E-state index is 14.6. The normalized spacial score (nSPS) is 14.6. The Kier molecular flexibility index (Phi) is 4.41. The highest BCUT2D eigenvalue weighted by Crippen LogP contribution is 2.41. The van der Waals surface area contributed by atoms with Crippen molar-refractivity contribution in [2.75, 3.05) is 31.2 Å². The summed E-state index contributed by atoms with van der Waals surface area (Å²) in [5.74, 6) is 0.0273. The molecule has 0 spiro atoms. The molecule has 0 amide bonds. The monoisotopic (exact) mass is 391 g/mol. The summed E-state index contributed by atoms with van der Waals surface area (Å²) in [5.41, 5.74) is 1.10. The molecule has 1 aliphatic rings. The molecule has 2 aromatic heterocycles. The number of morpholine rings is 1. The third kappa shape index (κ3) is 2.67. The summed E-state index contributed by atoms with van der Waals surface area (Å²) >= 11 is 12.7. The number of nitriles is 1. The standard InChI is InChI=1S/C17H12Cl2FN5O/c18-11-2-1-3-12(20)13(11)14-15(19)23-16-10(8-21)9-22-25(16)17(14)24-4-6-26-7-5-24/h1-3,9H,4-7H2. The second-order valence-corrected chi connectivity index (χ2v) is 6.47. The summed E-state index contributed by atoms with van der Waals surface area (Å²) in [7, 11) is 0. The van der Waals surface area contributed by atoms with Crippen molar-refractivity contribution < 1.29 is 9.13 Å². The number of hydrogen-bond donors (Lipinski definition) is 0. The molecule has 3 aromatic rings. The van der Waals surface area contributed by atoms with Crippen LogP contribution in [0.15, 0.2) is 24.4 Å². The van der Waals surface area contributed by atoms with E-state index in [1.54, 1.807) is 6.07 Å². The highest BCUT2D eigenvalue weighted by molar-refractivity contribution is 6.36. The van der Waals surface area contributed by atoms with Gasteiger partial charge in [-0.1, -0.05) is 29.3 Å². The fourth-order valence-corrected chi connectivity index (χ4v) is 3.57. The summed E-state index contributed by atoms with van der Waals surface area (Å²) in [4.78, 5) is 6.26. The maximum atomic E-state index is 14.6. The molecule has 1 aliphatic heterocycles. The van der Waals surface area contributed by atoms with Crippen LogP contribution in [0.5, 0.6) is 0 Å². The Hall–Kier alpha value is -2.40. The molecule has 3 heterocycles. The minimum Gasteiger partial charge on any atom is -0.378 e. The lowest BCUT2D eigenvalue weighted by molar-refractivity contribution is 0.122. The van der Waals surface area contributed by atoms with Crippen molar-refractivity contribution in [1.82, 2.24) is 14.6 Å². The molecule has 0 bridgehead atoms. The number of benzene rings is 1. The van der Waals surface area contributed by atoms with Crippen LogP contribution < -0.4 is 4.90 Å². The lowest BCUT2D eigenvalue weighted by atomic mass is 10.1. The van der Waals surface area contributed by atoms with Crippen LogP contribution >= 0.6 is 23.2 Å². The van der Waals surface area contributed by atoms with Crippen molar-refractivity contribution in [3.63, 3.8) is 0 Å². The SMILES string of the molecule is N#Cc1cnn2c(N3CCOCC3)c(-c3c(F)cccc3Cl)c(Cl)nc12. The van der Waals surface area contributed by atoms with Gasteiger partial charge in [0.05, 0.1) is 30.0 Å².